The maximum absolute atomic E-state index is 13.3. The minimum absolute atomic E-state index is 0.0407. The minimum atomic E-state index is -1.48. The average molecular weight is 394 g/mol. The maximum Gasteiger partial charge on any atom is 0.408 e. The number of carbonyl (C=O) groups is 3. The predicted molar refractivity (Wildman–Crippen MR) is 105 cm³/mol. The van der Waals surface area contributed by atoms with E-state index in [1.165, 1.54) is 0 Å². The number of alkyl carbamates (subject to hydrolysis) is 1. The minimum Gasteiger partial charge on any atom is -0.480 e. The zero-order chi connectivity index (χ0) is 21.5. The molecule has 2 amide bonds. The van der Waals surface area contributed by atoms with Crippen LogP contribution in [-0.4, -0.2) is 52.5 Å². The number of benzene rings is 1. The summed E-state index contributed by atoms with van der Waals surface area (Å²) in [7, 11) is 0. The first-order chi connectivity index (χ1) is 13.0. The van der Waals surface area contributed by atoms with E-state index < -0.39 is 42.3 Å². The van der Waals surface area contributed by atoms with Crippen LogP contribution in [0.2, 0.25) is 0 Å². The molecule has 0 saturated heterocycles. The molecule has 1 rings (SSSR count). The van der Waals surface area contributed by atoms with Crippen LogP contribution in [0.15, 0.2) is 30.3 Å². The number of rotatable bonds is 8. The topological polar surface area (TPSA) is 116 Å². The molecule has 0 saturated carbocycles. The van der Waals surface area contributed by atoms with Gasteiger partial charge in [-0.25, -0.2) is 9.59 Å². The number of aliphatic hydroxyl groups is 1. The number of nitrogens with one attached hydrogen (secondary N) is 1. The highest BCUT2D eigenvalue weighted by molar-refractivity contribution is 6.03. The number of carbonyl (C=O) groups excluding carboxylic acids is 2. The maximum atomic E-state index is 13.3. The van der Waals surface area contributed by atoms with E-state index in [9.17, 15) is 24.6 Å². The van der Waals surface area contributed by atoms with E-state index in [0.717, 1.165) is 4.90 Å². The van der Waals surface area contributed by atoms with Crippen molar-refractivity contribution in [2.24, 2.45) is 5.92 Å². The van der Waals surface area contributed by atoms with Gasteiger partial charge in [0.05, 0.1) is 6.61 Å². The number of nitrogens with zero attached hydrogens (tertiary/aromatic N) is 1. The summed E-state index contributed by atoms with van der Waals surface area (Å²) in [5.41, 5.74) is -0.433. The molecule has 0 aliphatic carbocycles. The van der Waals surface area contributed by atoms with Gasteiger partial charge in [-0.05, 0) is 45.2 Å². The highest BCUT2D eigenvalue weighted by Crippen LogP contribution is 2.21. The van der Waals surface area contributed by atoms with E-state index >= 15 is 0 Å². The van der Waals surface area contributed by atoms with Crippen molar-refractivity contribution in [2.45, 2.75) is 58.7 Å². The van der Waals surface area contributed by atoms with E-state index in [4.69, 9.17) is 4.74 Å². The van der Waals surface area contributed by atoms with Crippen molar-refractivity contribution in [1.82, 2.24) is 5.32 Å². The molecule has 0 radical (unpaired) electrons. The lowest BCUT2D eigenvalue weighted by Crippen LogP contribution is -2.56. The van der Waals surface area contributed by atoms with Gasteiger partial charge in [0.2, 0.25) is 0 Å². The lowest BCUT2D eigenvalue weighted by molar-refractivity contribution is -0.141. The monoisotopic (exact) mass is 394 g/mol. The number of carboxylic acids is 1. The number of hydrogen-bond acceptors (Lipinski definition) is 5. The number of aliphatic carboxylic acids is 1. The molecule has 2 atom stereocenters. The summed E-state index contributed by atoms with van der Waals surface area (Å²) in [6.45, 7) is 8.10. The van der Waals surface area contributed by atoms with Crippen LogP contribution in [0.25, 0.3) is 0 Å². The first-order valence-electron chi connectivity index (χ1n) is 9.17. The molecule has 1 aromatic carbocycles. The van der Waals surface area contributed by atoms with Gasteiger partial charge in [-0.1, -0.05) is 32.0 Å². The molecule has 1 aromatic rings. The molecule has 8 heteroatoms. The van der Waals surface area contributed by atoms with Crippen LogP contribution in [0.4, 0.5) is 10.5 Å². The molecule has 0 unspecified atom stereocenters. The third-order valence-electron chi connectivity index (χ3n) is 3.74. The summed E-state index contributed by atoms with van der Waals surface area (Å²) in [6.07, 6.45) is -0.491. The number of aliphatic hydroxyl groups excluding tert-OH is 1. The first kappa shape index (κ1) is 23.4. The summed E-state index contributed by atoms with van der Waals surface area (Å²) in [6, 6.07) is 5.70. The van der Waals surface area contributed by atoms with Crippen LogP contribution < -0.4 is 10.2 Å². The number of hydrogen-bond donors (Lipinski definition) is 3. The number of para-hydroxylation sites is 1. The van der Waals surface area contributed by atoms with Crippen LogP contribution in [0.3, 0.4) is 0 Å². The molecule has 0 aliphatic heterocycles. The van der Waals surface area contributed by atoms with Gasteiger partial charge in [0.15, 0.2) is 6.04 Å². The zero-order valence-electron chi connectivity index (χ0n) is 17.0. The molecule has 156 valence electrons. The van der Waals surface area contributed by atoms with E-state index in [2.05, 4.69) is 5.32 Å². The Labute approximate surface area is 165 Å². The number of ether oxygens (including phenoxy) is 1. The van der Waals surface area contributed by atoms with Crippen molar-refractivity contribution in [3.8, 4) is 0 Å². The Morgan fingerprint density at radius 2 is 1.71 bits per heavy atom. The van der Waals surface area contributed by atoms with Crippen LogP contribution in [0.5, 0.6) is 0 Å². The predicted octanol–water partition coefficient (Wildman–Crippen LogP) is 2.40. The third-order valence-corrected chi connectivity index (χ3v) is 3.74. The second-order valence-electron chi connectivity index (χ2n) is 7.91. The van der Waals surface area contributed by atoms with E-state index in [1.54, 1.807) is 51.1 Å². The van der Waals surface area contributed by atoms with Crippen molar-refractivity contribution in [3.63, 3.8) is 0 Å². The zero-order valence-corrected chi connectivity index (χ0v) is 17.0. The van der Waals surface area contributed by atoms with E-state index in [-0.39, 0.29) is 12.3 Å². The Kier molecular flexibility index (Phi) is 8.43. The van der Waals surface area contributed by atoms with Gasteiger partial charge in [0.1, 0.15) is 11.6 Å². The molecule has 0 spiro atoms. The lowest BCUT2D eigenvalue weighted by Gasteiger charge is -2.32. The number of amides is 2. The van der Waals surface area contributed by atoms with Gasteiger partial charge in [-0.15, -0.1) is 0 Å². The average Bonchev–Trinajstić information content (AvgIpc) is 2.56. The molecule has 0 heterocycles. The Bertz CT molecular complexity index is 669. The molecule has 0 aromatic heterocycles. The van der Waals surface area contributed by atoms with Crippen LogP contribution in [0, 0.1) is 5.92 Å². The quantitative estimate of drug-likeness (QED) is 0.623. The van der Waals surface area contributed by atoms with Crippen molar-refractivity contribution in [3.05, 3.63) is 30.3 Å². The molecule has 0 bridgehead atoms. The van der Waals surface area contributed by atoms with Crippen LogP contribution in [0.1, 0.15) is 41.0 Å². The van der Waals surface area contributed by atoms with E-state index in [1.807, 2.05) is 13.8 Å². The van der Waals surface area contributed by atoms with Crippen molar-refractivity contribution < 1.29 is 29.3 Å². The Morgan fingerprint density at radius 1 is 1.14 bits per heavy atom. The summed E-state index contributed by atoms with van der Waals surface area (Å²) >= 11 is 0. The van der Waals surface area contributed by atoms with Gasteiger partial charge in [0, 0.05) is 5.69 Å². The number of carboxylic acid groups (broad SMARTS) is 1. The molecular weight excluding hydrogens is 364 g/mol. The summed E-state index contributed by atoms with van der Waals surface area (Å²) in [5.74, 6) is -1.94. The molecular formula is C20H30N2O6. The largest absolute Gasteiger partial charge is 0.480 e. The van der Waals surface area contributed by atoms with Crippen LogP contribution >= 0.6 is 0 Å². The first-order valence-corrected chi connectivity index (χ1v) is 9.17. The van der Waals surface area contributed by atoms with Crippen molar-refractivity contribution >= 4 is 23.7 Å². The van der Waals surface area contributed by atoms with Crippen LogP contribution in [-0.2, 0) is 14.3 Å². The van der Waals surface area contributed by atoms with Crippen molar-refractivity contribution in [2.75, 3.05) is 11.5 Å². The summed E-state index contributed by atoms with van der Waals surface area (Å²) < 4.78 is 5.23. The standard InChI is InChI=1S/C20H30N2O6/c1-13(2)11-15(21-19(27)28-20(3,4)5)17(24)22(16(12-23)18(25)26)14-9-7-6-8-10-14/h6-10,13,15-16,23H,11-12H2,1-5H3,(H,21,27)(H,25,26)/t15-,16-/m0/s1. The van der Waals surface area contributed by atoms with E-state index in [0.29, 0.717) is 5.69 Å². The Morgan fingerprint density at radius 3 is 2.14 bits per heavy atom. The van der Waals surface area contributed by atoms with Gasteiger partial charge in [0.25, 0.3) is 5.91 Å². The molecule has 0 aliphatic rings. The fraction of sp³-hybridized carbons (Fsp3) is 0.550. The van der Waals surface area contributed by atoms with Gasteiger partial charge < -0.3 is 20.3 Å². The number of anilines is 1. The normalized spacial score (nSPS) is 13.5. The smallest absolute Gasteiger partial charge is 0.408 e. The summed E-state index contributed by atoms with van der Waals surface area (Å²) in [5, 5.41) is 21.6. The SMILES string of the molecule is CC(C)C[C@H](NC(=O)OC(C)(C)C)C(=O)N(c1ccccc1)[C@@H](CO)C(=O)O. The Balaban J connectivity index is 3.24. The fourth-order valence-corrected chi connectivity index (χ4v) is 2.63. The third kappa shape index (κ3) is 7.19. The highest BCUT2D eigenvalue weighted by atomic mass is 16.6. The van der Waals surface area contributed by atoms with Gasteiger partial charge in [-0.3, -0.25) is 9.69 Å². The Hall–Kier alpha value is -2.61. The highest BCUT2D eigenvalue weighted by Gasteiger charge is 2.36. The van der Waals surface area contributed by atoms with Gasteiger partial charge >= 0.3 is 12.1 Å². The molecule has 0 fully saturated rings. The lowest BCUT2D eigenvalue weighted by atomic mass is 10.0. The molecule has 3 N–H and O–H groups in total. The summed E-state index contributed by atoms with van der Waals surface area (Å²) in [4.78, 5) is 38.1. The molecule has 28 heavy (non-hydrogen) atoms. The second kappa shape index (κ2) is 10.1. The molecule has 8 nitrogen and oxygen atoms in total. The second-order valence-corrected chi connectivity index (χ2v) is 7.91. The fourth-order valence-electron chi connectivity index (χ4n) is 2.63. The van der Waals surface area contributed by atoms with Crippen molar-refractivity contribution in [1.29, 1.82) is 0 Å². The van der Waals surface area contributed by atoms with Gasteiger partial charge in [-0.2, -0.15) is 0 Å².